The minimum Gasteiger partial charge on any atom is -0.342 e. The lowest BCUT2D eigenvalue weighted by atomic mass is 9.99. The van der Waals surface area contributed by atoms with E-state index in [2.05, 4.69) is 9.88 Å². The third-order valence-electron chi connectivity index (χ3n) is 5.68. The maximum atomic E-state index is 12.8. The minimum atomic E-state index is -0.284. The molecule has 1 fully saturated rings. The largest absolute Gasteiger partial charge is 0.342 e. The standard InChI is InChI=1S/C22H26N4O/c1-26-19-13-6-5-12-18(19)24-22(26)21(15-8-3-2-4-9-15)25-20(27)14-16-10-7-11-17(16)23/h2-6,8-9,12-13,16-17,21H,7,10-11,14,23H2,1H3,(H,25,27)/t16-,17+,21?/m0/s1. The molecule has 0 aliphatic heterocycles. The first kappa shape index (κ1) is 17.7. The number of nitrogens with one attached hydrogen (secondary N) is 1. The van der Waals surface area contributed by atoms with E-state index in [4.69, 9.17) is 10.7 Å². The van der Waals surface area contributed by atoms with Crippen molar-refractivity contribution in [3.05, 3.63) is 66.0 Å². The number of carbonyl (C=O) groups excluding carboxylic acids is 1. The monoisotopic (exact) mass is 362 g/mol. The summed E-state index contributed by atoms with van der Waals surface area (Å²) in [4.78, 5) is 17.6. The molecule has 140 valence electrons. The number of rotatable bonds is 5. The molecular weight excluding hydrogens is 336 g/mol. The summed E-state index contributed by atoms with van der Waals surface area (Å²) >= 11 is 0. The van der Waals surface area contributed by atoms with Crippen molar-refractivity contribution >= 4 is 16.9 Å². The Balaban J connectivity index is 1.65. The van der Waals surface area contributed by atoms with Crippen molar-refractivity contribution < 1.29 is 4.79 Å². The summed E-state index contributed by atoms with van der Waals surface area (Å²) in [6.07, 6.45) is 3.65. The van der Waals surface area contributed by atoms with Gasteiger partial charge in [-0.3, -0.25) is 4.79 Å². The number of hydrogen-bond donors (Lipinski definition) is 2. The van der Waals surface area contributed by atoms with Crippen molar-refractivity contribution in [2.24, 2.45) is 18.7 Å². The zero-order valence-corrected chi connectivity index (χ0v) is 15.6. The van der Waals surface area contributed by atoms with Gasteiger partial charge in [0.1, 0.15) is 11.9 Å². The van der Waals surface area contributed by atoms with Crippen molar-refractivity contribution in [1.29, 1.82) is 0 Å². The maximum Gasteiger partial charge on any atom is 0.221 e. The van der Waals surface area contributed by atoms with E-state index in [0.717, 1.165) is 41.7 Å². The highest BCUT2D eigenvalue weighted by atomic mass is 16.1. The molecule has 1 amide bonds. The van der Waals surface area contributed by atoms with Gasteiger partial charge in [-0.25, -0.2) is 4.98 Å². The van der Waals surface area contributed by atoms with Gasteiger partial charge >= 0.3 is 0 Å². The summed E-state index contributed by atoms with van der Waals surface area (Å²) in [5.41, 5.74) is 9.18. The average molecular weight is 362 g/mol. The van der Waals surface area contributed by atoms with Crippen LogP contribution in [0.1, 0.15) is 43.1 Å². The van der Waals surface area contributed by atoms with Gasteiger partial charge in [0.25, 0.3) is 0 Å². The molecule has 1 heterocycles. The predicted octanol–water partition coefficient (Wildman–Crippen LogP) is 3.30. The van der Waals surface area contributed by atoms with E-state index in [1.165, 1.54) is 0 Å². The molecule has 0 bridgehead atoms. The molecule has 3 aromatic rings. The second-order valence-electron chi connectivity index (χ2n) is 7.49. The zero-order chi connectivity index (χ0) is 18.8. The lowest BCUT2D eigenvalue weighted by Gasteiger charge is -2.21. The Hall–Kier alpha value is -2.66. The zero-order valence-electron chi connectivity index (χ0n) is 15.6. The molecule has 3 atom stereocenters. The fourth-order valence-electron chi connectivity index (χ4n) is 4.14. The van der Waals surface area contributed by atoms with Crippen LogP contribution >= 0.6 is 0 Å². The van der Waals surface area contributed by atoms with Crippen LogP contribution in [0.5, 0.6) is 0 Å². The van der Waals surface area contributed by atoms with Crippen LogP contribution in [-0.4, -0.2) is 21.5 Å². The van der Waals surface area contributed by atoms with E-state index >= 15 is 0 Å². The first-order valence-electron chi connectivity index (χ1n) is 9.64. The highest BCUT2D eigenvalue weighted by Gasteiger charge is 2.28. The van der Waals surface area contributed by atoms with Crippen molar-refractivity contribution in [3.63, 3.8) is 0 Å². The van der Waals surface area contributed by atoms with E-state index in [-0.39, 0.29) is 23.9 Å². The first-order valence-corrected chi connectivity index (χ1v) is 9.64. The molecule has 1 saturated carbocycles. The van der Waals surface area contributed by atoms with Crippen molar-refractivity contribution in [1.82, 2.24) is 14.9 Å². The number of aromatic nitrogens is 2. The lowest BCUT2D eigenvalue weighted by Crippen LogP contribution is -2.35. The van der Waals surface area contributed by atoms with Crippen LogP contribution in [0.4, 0.5) is 0 Å². The summed E-state index contributed by atoms with van der Waals surface area (Å²) in [6, 6.07) is 17.9. The lowest BCUT2D eigenvalue weighted by molar-refractivity contribution is -0.122. The van der Waals surface area contributed by atoms with Crippen LogP contribution in [0.2, 0.25) is 0 Å². The van der Waals surface area contributed by atoms with Crippen LogP contribution in [0.15, 0.2) is 54.6 Å². The Morgan fingerprint density at radius 3 is 2.63 bits per heavy atom. The van der Waals surface area contributed by atoms with Gasteiger partial charge in [0.05, 0.1) is 11.0 Å². The number of benzene rings is 2. The molecule has 0 saturated heterocycles. The van der Waals surface area contributed by atoms with Crippen molar-refractivity contribution in [2.75, 3.05) is 0 Å². The molecule has 5 nitrogen and oxygen atoms in total. The molecule has 5 heteroatoms. The second-order valence-corrected chi connectivity index (χ2v) is 7.49. The smallest absolute Gasteiger partial charge is 0.221 e. The van der Waals surface area contributed by atoms with E-state index in [9.17, 15) is 4.79 Å². The summed E-state index contributed by atoms with van der Waals surface area (Å²) in [6.45, 7) is 0. The fourth-order valence-corrected chi connectivity index (χ4v) is 4.14. The normalized spacial score (nSPS) is 20.7. The summed E-state index contributed by atoms with van der Waals surface area (Å²) in [5.74, 6) is 1.16. The van der Waals surface area contributed by atoms with Gasteiger partial charge in [-0.15, -0.1) is 0 Å². The quantitative estimate of drug-likeness (QED) is 0.731. The Kier molecular flexibility index (Phi) is 4.94. The van der Waals surface area contributed by atoms with Crippen molar-refractivity contribution in [3.8, 4) is 0 Å². The summed E-state index contributed by atoms with van der Waals surface area (Å²) in [5, 5.41) is 3.22. The van der Waals surface area contributed by atoms with Crippen LogP contribution in [0.3, 0.4) is 0 Å². The molecule has 27 heavy (non-hydrogen) atoms. The number of imidazole rings is 1. The van der Waals surface area contributed by atoms with E-state index in [1.54, 1.807) is 0 Å². The Bertz CT molecular complexity index is 934. The molecule has 1 aliphatic carbocycles. The van der Waals surface area contributed by atoms with Crippen LogP contribution < -0.4 is 11.1 Å². The van der Waals surface area contributed by atoms with Gasteiger partial charge in [0.15, 0.2) is 0 Å². The Morgan fingerprint density at radius 1 is 1.19 bits per heavy atom. The second kappa shape index (κ2) is 7.53. The number of amides is 1. The number of aryl methyl sites for hydroxylation is 1. The van der Waals surface area contributed by atoms with Gasteiger partial charge in [-0.05, 0) is 36.5 Å². The number of nitrogens with zero attached hydrogens (tertiary/aromatic N) is 2. The summed E-state index contributed by atoms with van der Waals surface area (Å²) < 4.78 is 2.06. The predicted molar refractivity (Wildman–Crippen MR) is 107 cm³/mol. The molecule has 2 aromatic carbocycles. The third-order valence-corrected chi connectivity index (χ3v) is 5.68. The SMILES string of the molecule is Cn1c(C(NC(=O)C[C@@H]2CCC[C@H]2N)c2ccccc2)nc2ccccc21. The number of para-hydroxylation sites is 2. The fraction of sp³-hybridized carbons (Fsp3) is 0.364. The van der Waals surface area contributed by atoms with Crippen molar-refractivity contribution in [2.45, 2.75) is 37.8 Å². The topological polar surface area (TPSA) is 72.9 Å². The Morgan fingerprint density at radius 2 is 1.93 bits per heavy atom. The molecule has 1 unspecified atom stereocenters. The van der Waals surface area contributed by atoms with Crippen LogP contribution in [0, 0.1) is 5.92 Å². The molecule has 1 aliphatic rings. The summed E-state index contributed by atoms with van der Waals surface area (Å²) in [7, 11) is 2.00. The number of hydrogen-bond acceptors (Lipinski definition) is 3. The maximum absolute atomic E-state index is 12.8. The van der Waals surface area contributed by atoms with Gasteiger partial charge in [-0.1, -0.05) is 48.9 Å². The molecular formula is C22H26N4O. The minimum absolute atomic E-state index is 0.0401. The molecule has 0 radical (unpaired) electrons. The first-order chi connectivity index (χ1) is 13.1. The van der Waals surface area contributed by atoms with E-state index in [0.29, 0.717) is 6.42 Å². The van der Waals surface area contributed by atoms with Gasteiger partial charge < -0.3 is 15.6 Å². The average Bonchev–Trinajstić information content (AvgIpc) is 3.24. The van der Waals surface area contributed by atoms with Gasteiger partial charge in [0.2, 0.25) is 5.91 Å². The third kappa shape index (κ3) is 3.60. The molecule has 1 aromatic heterocycles. The molecule has 4 rings (SSSR count). The Labute approximate surface area is 159 Å². The highest BCUT2D eigenvalue weighted by molar-refractivity contribution is 5.79. The number of nitrogens with two attached hydrogens (primary N) is 1. The van der Waals surface area contributed by atoms with E-state index in [1.807, 2.05) is 61.6 Å². The van der Waals surface area contributed by atoms with E-state index < -0.39 is 0 Å². The van der Waals surface area contributed by atoms with Gasteiger partial charge in [0, 0.05) is 19.5 Å². The number of fused-ring (bicyclic) bond motifs is 1. The molecule has 3 N–H and O–H groups in total. The van der Waals surface area contributed by atoms with Crippen LogP contribution in [0.25, 0.3) is 11.0 Å². The van der Waals surface area contributed by atoms with Gasteiger partial charge in [-0.2, -0.15) is 0 Å². The highest BCUT2D eigenvalue weighted by Crippen LogP contribution is 2.28. The number of carbonyl (C=O) groups is 1. The molecule has 0 spiro atoms. The van der Waals surface area contributed by atoms with Crippen LogP contribution in [-0.2, 0) is 11.8 Å².